The number of morpholine rings is 1. The van der Waals surface area contributed by atoms with Crippen molar-refractivity contribution in [3.63, 3.8) is 0 Å². The Hall–Kier alpha value is -4.16. The average Bonchev–Trinajstić information content (AvgIpc) is 3.31. The molecule has 0 radical (unpaired) electrons. The molecule has 1 N–H and O–H groups in total. The first-order valence-corrected chi connectivity index (χ1v) is 14.3. The van der Waals surface area contributed by atoms with E-state index in [1.165, 1.54) is 13.3 Å². The maximum atomic E-state index is 13.6. The number of methoxy groups -OCH3 is 1. The minimum absolute atomic E-state index is 0.111. The van der Waals surface area contributed by atoms with Gasteiger partial charge in [-0.05, 0) is 56.7 Å². The number of fused-ring (bicyclic) bond motifs is 1. The lowest BCUT2D eigenvalue weighted by Gasteiger charge is -2.27. The van der Waals surface area contributed by atoms with Crippen LogP contribution in [0.3, 0.4) is 0 Å². The number of rotatable bonds is 8. The molecule has 3 heterocycles. The Morgan fingerprint density at radius 3 is 2.48 bits per heavy atom. The highest BCUT2D eigenvalue weighted by Gasteiger charge is 2.25. The Bertz CT molecular complexity index is 1660. The fourth-order valence-corrected chi connectivity index (χ4v) is 5.90. The average molecular weight is 566 g/mol. The lowest BCUT2D eigenvalue weighted by molar-refractivity contribution is 0.0302. The number of aryl methyl sites for hydroxylation is 2. The summed E-state index contributed by atoms with van der Waals surface area (Å²) in [6.07, 6.45) is 1.52. The molecule has 210 valence electrons. The minimum atomic E-state index is -3.95. The van der Waals surface area contributed by atoms with Gasteiger partial charge >= 0.3 is 0 Å². The Labute approximate surface area is 232 Å². The van der Waals surface area contributed by atoms with E-state index in [2.05, 4.69) is 15.3 Å². The van der Waals surface area contributed by atoms with Crippen molar-refractivity contribution in [2.45, 2.75) is 25.7 Å². The molecule has 0 unspecified atom stereocenters. The van der Waals surface area contributed by atoms with Gasteiger partial charge in [0.15, 0.2) is 5.65 Å². The molecular formula is C28H31N5O6S. The second-order valence-corrected chi connectivity index (χ2v) is 11.2. The highest BCUT2D eigenvalue weighted by molar-refractivity contribution is 7.90. The van der Waals surface area contributed by atoms with Gasteiger partial charge in [-0.1, -0.05) is 17.7 Å². The van der Waals surface area contributed by atoms with Gasteiger partial charge in [-0.15, -0.1) is 0 Å². The molecular weight excluding hydrogens is 534 g/mol. The third kappa shape index (κ3) is 5.19. The molecule has 1 amide bonds. The van der Waals surface area contributed by atoms with Crippen molar-refractivity contribution in [3.05, 3.63) is 65.4 Å². The summed E-state index contributed by atoms with van der Waals surface area (Å²) in [6.45, 7) is 7.89. The molecule has 1 saturated heterocycles. The summed E-state index contributed by atoms with van der Waals surface area (Å²) >= 11 is 0. The van der Waals surface area contributed by atoms with Crippen LogP contribution in [0.15, 0.2) is 53.6 Å². The smallest absolute Gasteiger partial charge is 0.269 e. The summed E-state index contributed by atoms with van der Waals surface area (Å²) in [5, 5.41) is 3.62. The van der Waals surface area contributed by atoms with E-state index < -0.39 is 10.0 Å². The molecule has 4 aromatic rings. The van der Waals surface area contributed by atoms with Crippen LogP contribution in [0.5, 0.6) is 11.6 Å². The van der Waals surface area contributed by atoms with Gasteiger partial charge in [0.05, 0.1) is 42.9 Å². The Morgan fingerprint density at radius 2 is 1.80 bits per heavy atom. The van der Waals surface area contributed by atoms with Gasteiger partial charge < -0.3 is 24.4 Å². The summed E-state index contributed by atoms with van der Waals surface area (Å²) in [7, 11) is -2.45. The van der Waals surface area contributed by atoms with E-state index in [1.807, 2.05) is 13.8 Å². The van der Waals surface area contributed by atoms with Crippen LogP contribution in [0.2, 0.25) is 0 Å². The fourth-order valence-electron chi connectivity index (χ4n) is 4.54. The molecule has 1 fully saturated rings. The van der Waals surface area contributed by atoms with Crippen LogP contribution in [0.1, 0.15) is 28.4 Å². The number of carbonyl (C=O) groups is 1. The van der Waals surface area contributed by atoms with E-state index in [0.29, 0.717) is 60.9 Å². The van der Waals surface area contributed by atoms with Crippen molar-refractivity contribution >= 4 is 38.6 Å². The molecule has 11 nitrogen and oxygen atoms in total. The van der Waals surface area contributed by atoms with E-state index in [4.69, 9.17) is 14.2 Å². The molecule has 1 aliphatic rings. The van der Waals surface area contributed by atoms with Crippen LogP contribution >= 0.6 is 0 Å². The van der Waals surface area contributed by atoms with Gasteiger partial charge in [0.1, 0.15) is 5.75 Å². The van der Waals surface area contributed by atoms with E-state index in [-0.39, 0.29) is 28.3 Å². The highest BCUT2D eigenvalue weighted by atomic mass is 32.2. The Balaban J connectivity index is 1.55. The van der Waals surface area contributed by atoms with Crippen LogP contribution in [-0.4, -0.2) is 73.2 Å². The lowest BCUT2D eigenvalue weighted by atomic mass is 10.1. The predicted molar refractivity (Wildman–Crippen MR) is 150 cm³/mol. The number of hydrogen-bond donors (Lipinski definition) is 1. The maximum Gasteiger partial charge on any atom is 0.269 e. The summed E-state index contributed by atoms with van der Waals surface area (Å²) in [6, 6.07) is 11.7. The van der Waals surface area contributed by atoms with Crippen LogP contribution in [0.4, 0.5) is 11.6 Å². The molecule has 2 aromatic heterocycles. The molecule has 40 heavy (non-hydrogen) atoms. The monoisotopic (exact) mass is 565 g/mol. The van der Waals surface area contributed by atoms with Gasteiger partial charge in [0.25, 0.3) is 15.9 Å². The standard InChI is InChI=1S/C28H31N5O6S/c1-5-39-26-24-19(3)17-33(40(35,36)21-9-6-18(2)7-10-21)25(24)30-28(31-26)29-22-11-8-20(16-23(22)37-4)27(34)32-12-14-38-15-13-32/h6-11,16-17H,5,12-15H2,1-4H3,(H,29,30,31). The van der Waals surface area contributed by atoms with Crippen LogP contribution in [0.25, 0.3) is 11.0 Å². The number of nitrogens with zero attached hydrogens (tertiary/aromatic N) is 4. The largest absolute Gasteiger partial charge is 0.495 e. The first-order chi connectivity index (χ1) is 19.2. The Kier molecular flexibility index (Phi) is 7.63. The number of hydrogen-bond acceptors (Lipinski definition) is 9. The predicted octanol–water partition coefficient (Wildman–Crippen LogP) is 3.91. The summed E-state index contributed by atoms with van der Waals surface area (Å²) < 4.78 is 45.1. The number of ether oxygens (including phenoxy) is 3. The van der Waals surface area contributed by atoms with E-state index >= 15 is 0 Å². The first kappa shape index (κ1) is 27.4. The molecule has 0 spiro atoms. The zero-order valence-electron chi connectivity index (χ0n) is 22.8. The van der Waals surface area contributed by atoms with E-state index in [0.717, 1.165) is 9.54 Å². The molecule has 2 aromatic carbocycles. The van der Waals surface area contributed by atoms with Crippen LogP contribution < -0.4 is 14.8 Å². The summed E-state index contributed by atoms with van der Waals surface area (Å²) in [4.78, 5) is 24.0. The van der Waals surface area contributed by atoms with E-state index in [1.54, 1.807) is 54.3 Å². The SMILES string of the molecule is CCOc1nc(Nc2ccc(C(=O)N3CCOCC3)cc2OC)nc2c1c(C)cn2S(=O)(=O)c1ccc(C)cc1. The van der Waals surface area contributed by atoms with Crippen molar-refractivity contribution in [2.75, 3.05) is 45.3 Å². The molecule has 12 heteroatoms. The molecule has 1 aliphatic heterocycles. The molecule has 0 bridgehead atoms. The second-order valence-electron chi connectivity index (χ2n) is 9.35. The third-order valence-electron chi connectivity index (χ3n) is 6.62. The van der Waals surface area contributed by atoms with Crippen molar-refractivity contribution in [1.82, 2.24) is 18.8 Å². The number of aromatic nitrogens is 3. The van der Waals surface area contributed by atoms with Crippen molar-refractivity contribution < 1.29 is 27.4 Å². The highest BCUT2D eigenvalue weighted by Crippen LogP contribution is 2.34. The number of carbonyl (C=O) groups excluding carboxylic acids is 1. The number of amides is 1. The number of anilines is 2. The Morgan fingerprint density at radius 1 is 1.07 bits per heavy atom. The number of nitrogens with one attached hydrogen (secondary N) is 1. The van der Waals surface area contributed by atoms with Crippen molar-refractivity contribution in [3.8, 4) is 11.6 Å². The molecule has 0 atom stereocenters. The van der Waals surface area contributed by atoms with Crippen molar-refractivity contribution in [2.24, 2.45) is 0 Å². The maximum absolute atomic E-state index is 13.6. The lowest BCUT2D eigenvalue weighted by Crippen LogP contribution is -2.40. The zero-order valence-corrected chi connectivity index (χ0v) is 23.6. The molecule has 0 saturated carbocycles. The van der Waals surface area contributed by atoms with E-state index in [9.17, 15) is 13.2 Å². The molecule has 5 rings (SSSR count). The normalized spacial score (nSPS) is 13.8. The topological polar surface area (TPSA) is 125 Å². The fraction of sp³-hybridized carbons (Fsp3) is 0.321. The second kappa shape index (κ2) is 11.1. The molecule has 0 aliphatic carbocycles. The number of benzene rings is 2. The van der Waals surface area contributed by atoms with Gasteiger partial charge in [-0.3, -0.25) is 4.79 Å². The van der Waals surface area contributed by atoms with Gasteiger partial charge in [0.2, 0.25) is 11.8 Å². The van der Waals surface area contributed by atoms with Gasteiger partial charge in [0, 0.05) is 24.8 Å². The van der Waals surface area contributed by atoms with Gasteiger partial charge in [-0.25, -0.2) is 12.4 Å². The zero-order chi connectivity index (χ0) is 28.4. The summed E-state index contributed by atoms with van der Waals surface area (Å²) in [5.74, 6) is 0.655. The summed E-state index contributed by atoms with van der Waals surface area (Å²) in [5.41, 5.74) is 2.76. The van der Waals surface area contributed by atoms with Crippen LogP contribution in [0, 0.1) is 13.8 Å². The third-order valence-corrected chi connectivity index (χ3v) is 8.29. The first-order valence-electron chi connectivity index (χ1n) is 12.9. The van der Waals surface area contributed by atoms with Crippen LogP contribution in [-0.2, 0) is 14.8 Å². The van der Waals surface area contributed by atoms with Crippen molar-refractivity contribution in [1.29, 1.82) is 0 Å². The quantitative estimate of drug-likeness (QED) is 0.339. The van der Waals surface area contributed by atoms with Gasteiger partial charge in [-0.2, -0.15) is 9.97 Å². The minimum Gasteiger partial charge on any atom is -0.495 e.